The number of rotatable bonds is 1. The summed E-state index contributed by atoms with van der Waals surface area (Å²) in [6.07, 6.45) is 0.485. The lowest BCUT2D eigenvalue weighted by Gasteiger charge is -2.48. The van der Waals surface area contributed by atoms with Crippen molar-refractivity contribution in [3.8, 4) is 0 Å². The maximum Gasteiger partial charge on any atom is 0.331 e. The Hall–Kier alpha value is -0.240. The molecule has 0 spiro atoms. The van der Waals surface area contributed by atoms with Crippen molar-refractivity contribution < 1.29 is 9.53 Å². The Morgan fingerprint density at radius 1 is 1.58 bits per heavy atom. The molecule has 0 bridgehead atoms. The van der Waals surface area contributed by atoms with E-state index in [1.165, 1.54) is 0 Å². The van der Waals surface area contributed by atoms with Crippen molar-refractivity contribution in [3.05, 3.63) is 0 Å². The van der Waals surface area contributed by atoms with E-state index >= 15 is 0 Å². The summed E-state index contributed by atoms with van der Waals surface area (Å²) in [5, 5.41) is 0. The van der Waals surface area contributed by atoms with E-state index in [0.29, 0.717) is 6.42 Å². The molecule has 0 saturated carbocycles. The minimum atomic E-state index is -0.766. The third kappa shape index (κ3) is 1.22. The Bertz CT molecular complexity index is 207. The molecule has 0 aromatic heterocycles. The molecule has 1 aliphatic heterocycles. The molecular weight excluding hydrogens is 176 g/mol. The summed E-state index contributed by atoms with van der Waals surface area (Å²) >= 11 is 6.12. The Kier molecular flexibility index (Phi) is 2.15. The van der Waals surface area contributed by atoms with Crippen molar-refractivity contribution in [2.45, 2.75) is 45.1 Å². The molecule has 0 aromatic carbocycles. The number of alkyl halides is 1. The normalized spacial score (nSPS) is 35.8. The molecule has 1 aliphatic rings. The predicted octanol–water partition coefficient (Wildman–Crippen LogP) is 2.35. The van der Waals surface area contributed by atoms with E-state index in [4.69, 9.17) is 16.3 Å². The molecular formula is C9H15ClO2. The van der Waals surface area contributed by atoms with Gasteiger partial charge in [0.15, 0.2) is 4.87 Å². The molecule has 1 saturated heterocycles. The monoisotopic (exact) mass is 190 g/mol. The number of halogens is 1. The van der Waals surface area contributed by atoms with Crippen LogP contribution in [-0.4, -0.2) is 16.9 Å². The van der Waals surface area contributed by atoms with Crippen LogP contribution in [0.5, 0.6) is 0 Å². The van der Waals surface area contributed by atoms with Crippen LogP contribution in [-0.2, 0) is 9.53 Å². The van der Waals surface area contributed by atoms with E-state index in [-0.39, 0.29) is 17.5 Å². The summed E-state index contributed by atoms with van der Waals surface area (Å²) in [7, 11) is 0. The second kappa shape index (κ2) is 2.63. The van der Waals surface area contributed by atoms with Crippen molar-refractivity contribution in [3.63, 3.8) is 0 Å². The van der Waals surface area contributed by atoms with E-state index in [0.717, 1.165) is 0 Å². The Labute approximate surface area is 78.2 Å². The highest BCUT2D eigenvalue weighted by Gasteiger charge is 2.60. The van der Waals surface area contributed by atoms with Crippen molar-refractivity contribution in [2.24, 2.45) is 5.41 Å². The van der Waals surface area contributed by atoms with Gasteiger partial charge in [-0.3, -0.25) is 0 Å². The first-order valence-corrected chi connectivity index (χ1v) is 4.60. The first kappa shape index (κ1) is 9.85. The van der Waals surface area contributed by atoms with Gasteiger partial charge in [0, 0.05) is 5.41 Å². The molecule has 2 nitrogen and oxygen atoms in total. The van der Waals surface area contributed by atoms with Crippen molar-refractivity contribution in [1.29, 1.82) is 0 Å². The summed E-state index contributed by atoms with van der Waals surface area (Å²) < 4.78 is 5.04. The van der Waals surface area contributed by atoms with Gasteiger partial charge in [-0.2, -0.15) is 0 Å². The molecule has 0 unspecified atom stereocenters. The highest BCUT2D eigenvalue weighted by molar-refractivity contribution is 6.36. The van der Waals surface area contributed by atoms with Gasteiger partial charge in [0.2, 0.25) is 0 Å². The zero-order valence-electron chi connectivity index (χ0n) is 7.98. The van der Waals surface area contributed by atoms with Gasteiger partial charge >= 0.3 is 5.97 Å². The molecule has 3 heteroatoms. The number of hydrogen-bond donors (Lipinski definition) is 0. The highest BCUT2D eigenvalue weighted by Crippen LogP contribution is 2.45. The molecule has 0 aliphatic carbocycles. The topological polar surface area (TPSA) is 26.3 Å². The summed E-state index contributed by atoms with van der Waals surface area (Å²) in [4.78, 5) is 10.3. The van der Waals surface area contributed by atoms with E-state index in [2.05, 4.69) is 0 Å². The third-order valence-corrected chi connectivity index (χ3v) is 2.90. The van der Waals surface area contributed by atoms with E-state index in [9.17, 15) is 4.79 Å². The molecule has 0 radical (unpaired) electrons. The summed E-state index contributed by atoms with van der Waals surface area (Å²) in [6.45, 7) is 7.98. The van der Waals surface area contributed by atoms with E-state index < -0.39 is 4.87 Å². The zero-order chi connectivity index (χ0) is 9.57. The Morgan fingerprint density at radius 3 is 2.25 bits per heavy atom. The Morgan fingerprint density at radius 2 is 2.08 bits per heavy atom. The maximum atomic E-state index is 11.1. The van der Waals surface area contributed by atoms with Crippen LogP contribution in [0.4, 0.5) is 0 Å². The molecule has 1 fully saturated rings. The van der Waals surface area contributed by atoms with Crippen LogP contribution in [0, 0.1) is 5.41 Å². The first-order chi connectivity index (χ1) is 5.32. The average Bonchev–Trinajstić information content (AvgIpc) is 1.96. The SMILES string of the molecule is CC[C@]1(Cl)C(=O)O[C@H]1C(C)(C)C. The summed E-state index contributed by atoms with van der Waals surface area (Å²) in [6, 6.07) is 0. The van der Waals surface area contributed by atoms with Gasteiger partial charge in [-0.1, -0.05) is 27.7 Å². The smallest absolute Gasteiger partial charge is 0.331 e. The molecule has 70 valence electrons. The average molecular weight is 191 g/mol. The third-order valence-electron chi connectivity index (χ3n) is 2.28. The van der Waals surface area contributed by atoms with E-state index in [1.807, 2.05) is 27.7 Å². The fourth-order valence-corrected chi connectivity index (χ4v) is 1.96. The van der Waals surface area contributed by atoms with Crippen LogP contribution in [0.25, 0.3) is 0 Å². The second-order valence-corrected chi connectivity index (χ2v) is 5.04. The van der Waals surface area contributed by atoms with E-state index in [1.54, 1.807) is 0 Å². The fraction of sp³-hybridized carbons (Fsp3) is 0.889. The fourth-order valence-electron chi connectivity index (χ4n) is 1.54. The lowest BCUT2D eigenvalue weighted by molar-refractivity contribution is -0.192. The Balaban J connectivity index is 2.80. The van der Waals surface area contributed by atoms with Gasteiger partial charge in [0.25, 0.3) is 0 Å². The van der Waals surface area contributed by atoms with Gasteiger partial charge in [0.05, 0.1) is 0 Å². The summed E-state index contributed by atoms with van der Waals surface area (Å²) in [5.41, 5.74) is -0.0638. The number of esters is 1. The predicted molar refractivity (Wildman–Crippen MR) is 48.2 cm³/mol. The minimum absolute atomic E-state index is 0.0638. The lowest BCUT2D eigenvalue weighted by atomic mass is 9.76. The number of cyclic esters (lactones) is 1. The largest absolute Gasteiger partial charge is 0.458 e. The van der Waals surface area contributed by atoms with Gasteiger partial charge < -0.3 is 4.74 Å². The van der Waals surface area contributed by atoms with Crippen molar-refractivity contribution in [1.82, 2.24) is 0 Å². The standard InChI is InChI=1S/C9H15ClO2/c1-5-9(10)6(8(2,3)4)12-7(9)11/h6H,5H2,1-4H3/t6-,9+/m0/s1. The van der Waals surface area contributed by atoms with Crippen LogP contribution in [0.3, 0.4) is 0 Å². The molecule has 0 aromatic rings. The van der Waals surface area contributed by atoms with Gasteiger partial charge in [-0.05, 0) is 6.42 Å². The second-order valence-electron chi connectivity index (χ2n) is 4.37. The number of carbonyl (C=O) groups is 1. The van der Waals surface area contributed by atoms with Gasteiger partial charge in [-0.25, -0.2) is 4.79 Å². The zero-order valence-corrected chi connectivity index (χ0v) is 8.73. The quantitative estimate of drug-likeness (QED) is 0.469. The molecule has 0 N–H and O–H groups in total. The number of carbonyl (C=O) groups excluding carboxylic acids is 1. The minimum Gasteiger partial charge on any atom is -0.458 e. The van der Waals surface area contributed by atoms with Gasteiger partial charge in [-0.15, -0.1) is 11.6 Å². The maximum absolute atomic E-state index is 11.1. The van der Waals surface area contributed by atoms with Gasteiger partial charge in [0.1, 0.15) is 6.10 Å². The molecule has 0 amide bonds. The van der Waals surface area contributed by atoms with Crippen molar-refractivity contribution in [2.75, 3.05) is 0 Å². The lowest BCUT2D eigenvalue weighted by Crippen LogP contribution is -2.63. The van der Waals surface area contributed by atoms with Crippen LogP contribution in [0.1, 0.15) is 34.1 Å². The highest BCUT2D eigenvalue weighted by atomic mass is 35.5. The molecule has 2 atom stereocenters. The van der Waals surface area contributed by atoms with Crippen LogP contribution in [0.15, 0.2) is 0 Å². The van der Waals surface area contributed by atoms with Crippen molar-refractivity contribution >= 4 is 17.6 Å². The number of hydrogen-bond acceptors (Lipinski definition) is 2. The molecule has 12 heavy (non-hydrogen) atoms. The first-order valence-electron chi connectivity index (χ1n) is 4.22. The van der Waals surface area contributed by atoms with Crippen LogP contribution in [0.2, 0.25) is 0 Å². The van der Waals surface area contributed by atoms with Crippen LogP contribution < -0.4 is 0 Å². The number of ether oxygens (including phenoxy) is 1. The molecule has 1 heterocycles. The van der Waals surface area contributed by atoms with Crippen LogP contribution >= 0.6 is 11.6 Å². The summed E-state index contributed by atoms with van der Waals surface area (Å²) in [5.74, 6) is -0.272. The molecule has 1 rings (SSSR count).